The Morgan fingerprint density at radius 2 is 1.65 bits per heavy atom. The van der Waals surface area contributed by atoms with Crippen molar-refractivity contribution in [3.63, 3.8) is 0 Å². The fourth-order valence-electron chi connectivity index (χ4n) is 3.24. The predicted molar refractivity (Wildman–Crippen MR) is 127 cm³/mol. The van der Waals surface area contributed by atoms with E-state index in [1.54, 1.807) is 38.1 Å². The molecule has 180 valence electrons. The van der Waals surface area contributed by atoms with Crippen molar-refractivity contribution >= 4 is 38.9 Å². The third kappa shape index (κ3) is 5.53. The lowest BCUT2D eigenvalue weighted by molar-refractivity contribution is -0.137. The van der Waals surface area contributed by atoms with Gasteiger partial charge in [0.05, 0.1) is 21.2 Å². The number of amides is 1. The third-order valence-electron chi connectivity index (χ3n) is 5.32. The van der Waals surface area contributed by atoms with Crippen molar-refractivity contribution in [3.8, 4) is 0 Å². The van der Waals surface area contributed by atoms with Gasteiger partial charge in [0.15, 0.2) is 0 Å². The molecule has 10 heteroatoms. The smallest absolute Gasteiger partial charge is 0.324 e. The van der Waals surface area contributed by atoms with Crippen LogP contribution in [-0.2, 0) is 21.0 Å². The van der Waals surface area contributed by atoms with Crippen molar-refractivity contribution in [1.29, 1.82) is 0 Å². The van der Waals surface area contributed by atoms with Gasteiger partial charge >= 0.3 is 6.18 Å². The summed E-state index contributed by atoms with van der Waals surface area (Å²) in [6.07, 6.45) is -4.81. The minimum absolute atomic E-state index is 0.166. The van der Waals surface area contributed by atoms with Crippen LogP contribution in [0.3, 0.4) is 0 Å². The number of nitrogens with one attached hydrogen (secondary N) is 1. The second kappa shape index (κ2) is 9.68. The molecule has 0 aliphatic heterocycles. The molecule has 0 spiro atoms. The van der Waals surface area contributed by atoms with E-state index in [4.69, 9.17) is 11.6 Å². The zero-order valence-corrected chi connectivity index (χ0v) is 20.1. The molecule has 3 aromatic carbocycles. The first kappa shape index (κ1) is 25.6. The van der Waals surface area contributed by atoms with Gasteiger partial charge in [-0.2, -0.15) is 13.2 Å². The minimum atomic E-state index is -4.81. The van der Waals surface area contributed by atoms with E-state index in [-0.39, 0.29) is 10.6 Å². The highest BCUT2D eigenvalue weighted by atomic mass is 35.5. The van der Waals surface area contributed by atoms with Crippen LogP contribution in [0.15, 0.2) is 65.6 Å². The van der Waals surface area contributed by atoms with Crippen molar-refractivity contribution in [3.05, 3.63) is 87.9 Å². The predicted octanol–water partition coefficient (Wildman–Crippen LogP) is 6.12. The van der Waals surface area contributed by atoms with Gasteiger partial charge < -0.3 is 5.32 Å². The molecule has 1 amide bonds. The molecule has 0 saturated heterocycles. The second-order valence-electron chi connectivity index (χ2n) is 7.78. The van der Waals surface area contributed by atoms with E-state index in [1.807, 2.05) is 13.0 Å². The van der Waals surface area contributed by atoms with E-state index in [2.05, 4.69) is 5.32 Å². The number of hydrogen-bond donors (Lipinski definition) is 1. The highest BCUT2D eigenvalue weighted by Crippen LogP contribution is 2.38. The largest absolute Gasteiger partial charge is 0.417 e. The first-order valence-electron chi connectivity index (χ1n) is 10.1. The molecule has 3 rings (SSSR count). The molecule has 0 unspecified atom stereocenters. The van der Waals surface area contributed by atoms with Gasteiger partial charge in [-0.25, -0.2) is 8.42 Å². The lowest BCUT2D eigenvalue weighted by atomic mass is 10.1. The number of carbonyl (C=O) groups excluding carboxylic acids is 1. The summed E-state index contributed by atoms with van der Waals surface area (Å²) in [5.41, 5.74) is 1.43. The van der Waals surface area contributed by atoms with Crippen LogP contribution in [0.1, 0.15) is 22.3 Å². The number of halogens is 4. The Hall–Kier alpha value is -3.04. The molecule has 34 heavy (non-hydrogen) atoms. The average molecular weight is 511 g/mol. The van der Waals surface area contributed by atoms with Crippen molar-refractivity contribution < 1.29 is 26.4 Å². The maximum atomic E-state index is 13.5. The summed E-state index contributed by atoms with van der Waals surface area (Å²) in [7, 11) is -4.39. The van der Waals surface area contributed by atoms with Gasteiger partial charge in [0.2, 0.25) is 5.91 Å². The van der Waals surface area contributed by atoms with E-state index in [9.17, 15) is 26.4 Å². The van der Waals surface area contributed by atoms with Crippen LogP contribution < -0.4 is 9.62 Å². The number of aryl methyl sites for hydroxylation is 2. The number of alkyl halides is 3. The van der Waals surface area contributed by atoms with Crippen LogP contribution in [0.2, 0.25) is 5.02 Å². The van der Waals surface area contributed by atoms with Crippen LogP contribution in [0.4, 0.5) is 24.5 Å². The molecular weight excluding hydrogens is 489 g/mol. The van der Waals surface area contributed by atoms with Gasteiger partial charge in [-0.15, -0.1) is 0 Å². The van der Waals surface area contributed by atoms with Crippen LogP contribution in [0.25, 0.3) is 0 Å². The molecule has 0 heterocycles. The van der Waals surface area contributed by atoms with Crippen LogP contribution >= 0.6 is 11.6 Å². The Morgan fingerprint density at radius 1 is 1.00 bits per heavy atom. The number of hydrogen-bond acceptors (Lipinski definition) is 3. The highest BCUT2D eigenvalue weighted by molar-refractivity contribution is 7.92. The SMILES string of the molecule is Cc1ccc(S(=O)(=O)N(CC(=O)Nc2cccc(C)c2C)c2ccc(Cl)c(C(F)(F)F)c2)cc1. The molecule has 0 aliphatic carbocycles. The first-order chi connectivity index (χ1) is 15.8. The summed E-state index contributed by atoms with van der Waals surface area (Å²) in [5, 5.41) is 2.07. The summed E-state index contributed by atoms with van der Waals surface area (Å²) >= 11 is 5.71. The second-order valence-corrected chi connectivity index (χ2v) is 10.1. The average Bonchev–Trinajstić information content (AvgIpc) is 2.75. The van der Waals surface area contributed by atoms with E-state index < -0.39 is 39.2 Å². The van der Waals surface area contributed by atoms with Crippen molar-refractivity contribution in [2.45, 2.75) is 31.8 Å². The maximum Gasteiger partial charge on any atom is 0.417 e. The number of benzene rings is 3. The minimum Gasteiger partial charge on any atom is -0.324 e. The monoisotopic (exact) mass is 510 g/mol. The van der Waals surface area contributed by atoms with Crippen molar-refractivity contribution in [2.24, 2.45) is 0 Å². The van der Waals surface area contributed by atoms with Gasteiger partial charge in [0.25, 0.3) is 10.0 Å². The van der Waals surface area contributed by atoms with Gasteiger partial charge in [0, 0.05) is 5.69 Å². The van der Waals surface area contributed by atoms with Gasteiger partial charge in [-0.3, -0.25) is 9.10 Å². The first-order valence-corrected chi connectivity index (χ1v) is 11.9. The molecule has 0 fully saturated rings. The molecule has 0 bridgehead atoms. The fraction of sp³-hybridized carbons (Fsp3) is 0.208. The molecule has 5 nitrogen and oxygen atoms in total. The van der Waals surface area contributed by atoms with Gasteiger partial charge in [0.1, 0.15) is 6.54 Å². The number of rotatable bonds is 6. The number of carbonyl (C=O) groups is 1. The molecule has 0 aliphatic rings. The maximum absolute atomic E-state index is 13.5. The highest BCUT2D eigenvalue weighted by Gasteiger charge is 2.35. The molecule has 0 saturated carbocycles. The van der Waals surface area contributed by atoms with Crippen LogP contribution in [0, 0.1) is 20.8 Å². The van der Waals surface area contributed by atoms with Crippen LogP contribution in [0.5, 0.6) is 0 Å². The summed E-state index contributed by atoms with van der Waals surface area (Å²) in [4.78, 5) is 12.7. The van der Waals surface area contributed by atoms with E-state index in [0.717, 1.165) is 28.8 Å². The molecular formula is C24H22ClF3N2O3S. The Labute approximate surface area is 201 Å². The zero-order chi connectivity index (χ0) is 25.3. The van der Waals surface area contributed by atoms with Crippen molar-refractivity contribution in [2.75, 3.05) is 16.2 Å². The number of nitrogens with zero attached hydrogens (tertiary/aromatic N) is 1. The summed E-state index contributed by atoms with van der Waals surface area (Å²) in [5.74, 6) is -0.715. The fourth-order valence-corrected chi connectivity index (χ4v) is 4.88. The Balaban J connectivity index is 2.06. The van der Waals surface area contributed by atoms with Gasteiger partial charge in [-0.1, -0.05) is 41.4 Å². The number of sulfonamides is 1. The third-order valence-corrected chi connectivity index (χ3v) is 7.44. The van der Waals surface area contributed by atoms with E-state index >= 15 is 0 Å². The standard InChI is InChI=1S/C24H22ClF3N2O3S/c1-15-7-10-19(11-8-15)34(32,33)30(18-9-12-21(25)20(13-18)24(26,27)28)14-23(31)29-22-6-4-5-16(2)17(22)3/h4-13H,14H2,1-3H3,(H,29,31). The molecule has 0 atom stereocenters. The normalized spacial score (nSPS) is 11.9. The molecule has 1 N–H and O–H groups in total. The Morgan fingerprint density at radius 3 is 2.26 bits per heavy atom. The van der Waals surface area contributed by atoms with Crippen molar-refractivity contribution in [1.82, 2.24) is 0 Å². The molecule has 3 aromatic rings. The molecule has 0 radical (unpaired) electrons. The van der Waals surface area contributed by atoms with E-state index in [1.165, 1.54) is 12.1 Å². The quantitative estimate of drug-likeness (QED) is 0.434. The Kier molecular flexibility index (Phi) is 7.28. The zero-order valence-electron chi connectivity index (χ0n) is 18.6. The Bertz CT molecular complexity index is 1320. The number of anilines is 2. The van der Waals surface area contributed by atoms with E-state index in [0.29, 0.717) is 16.1 Å². The van der Waals surface area contributed by atoms with Crippen LogP contribution in [-0.4, -0.2) is 20.9 Å². The lowest BCUT2D eigenvalue weighted by Crippen LogP contribution is -2.38. The molecule has 0 aromatic heterocycles. The summed E-state index contributed by atoms with van der Waals surface area (Å²) in [6.45, 7) is 4.66. The summed E-state index contributed by atoms with van der Waals surface area (Å²) < 4.78 is 67.9. The lowest BCUT2D eigenvalue weighted by Gasteiger charge is -2.25. The summed E-state index contributed by atoms with van der Waals surface area (Å²) in [6, 6.07) is 13.7. The topological polar surface area (TPSA) is 66.5 Å². The van der Waals surface area contributed by atoms with Gasteiger partial charge in [-0.05, 0) is 68.3 Å².